The summed E-state index contributed by atoms with van der Waals surface area (Å²) >= 11 is 5.69. The fourth-order valence-electron chi connectivity index (χ4n) is 0.977. The lowest BCUT2D eigenvalue weighted by Crippen LogP contribution is -2.07. The van der Waals surface area contributed by atoms with Crippen LogP contribution in [0.3, 0.4) is 0 Å². The third-order valence-electron chi connectivity index (χ3n) is 1.51. The molecule has 5 heteroatoms. The number of fused-ring (bicyclic) bond motifs is 1. The molecular weight excluding hydrogens is 178 g/mol. The van der Waals surface area contributed by atoms with Gasteiger partial charge in [0.15, 0.2) is 0 Å². The number of rotatable bonds is 0. The topological polar surface area (TPSA) is 58.6 Å². The van der Waals surface area contributed by atoms with Gasteiger partial charge < -0.3 is 4.98 Å². The molecule has 0 amide bonds. The largest absolute Gasteiger partial charge is 0.313 e. The Morgan fingerprint density at radius 2 is 2.25 bits per heavy atom. The second-order valence-corrected chi connectivity index (χ2v) is 2.59. The highest BCUT2D eigenvalue weighted by Crippen LogP contribution is 2.13. The van der Waals surface area contributed by atoms with Gasteiger partial charge in [0.05, 0.1) is 11.8 Å². The lowest BCUT2D eigenvalue weighted by Gasteiger charge is -1.94. The maximum absolute atomic E-state index is 11.2. The molecule has 2 rings (SSSR count). The molecule has 0 radical (unpaired) electrons. The van der Waals surface area contributed by atoms with Crippen LogP contribution < -0.4 is 5.56 Å². The van der Waals surface area contributed by atoms with Crippen molar-refractivity contribution in [2.24, 2.45) is 0 Å². The summed E-state index contributed by atoms with van der Waals surface area (Å²) in [7, 11) is 0. The van der Waals surface area contributed by atoms with Crippen molar-refractivity contribution in [3.63, 3.8) is 0 Å². The number of hydrogen-bond donors (Lipinski definition) is 1. The van der Waals surface area contributed by atoms with Gasteiger partial charge in [0.2, 0.25) is 0 Å². The van der Waals surface area contributed by atoms with Crippen molar-refractivity contribution >= 4 is 22.5 Å². The van der Waals surface area contributed by atoms with Gasteiger partial charge in [0.25, 0.3) is 5.56 Å². The summed E-state index contributed by atoms with van der Waals surface area (Å²) in [4.78, 5) is 21.3. The van der Waals surface area contributed by atoms with E-state index in [1.807, 2.05) is 0 Å². The van der Waals surface area contributed by atoms with Gasteiger partial charge in [-0.2, -0.15) is 0 Å². The predicted octanol–water partition coefficient (Wildman–Crippen LogP) is 0.972. The first-order valence-electron chi connectivity index (χ1n) is 3.27. The van der Waals surface area contributed by atoms with E-state index in [9.17, 15) is 4.79 Å². The van der Waals surface area contributed by atoms with Crippen LogP contribution in [0.4, 0.5) is 0 Å². The molecule has 0 aliphatic rings. The molecule has 0 aliphatic carbocycles. The Morgan fingerprint density at radius 1 is 1.42 bits per heavy atom. The van der Waals surface area contributed by atoms with Crippen molar-refractivity contribution in [2.75, 3.05) is 0 Å². The highest BCUT2D eigenvalue weighted by atomic mass is 35.5. The van der Waals surface area contributed by atoms with Crippen LogP contribution in [-0.2, 0) is 0 Å². The standard InChI is InChI=1S/C7H4ClN3O/c8-6-5-4(1-2-9-6)10-3-11-7(5)12/h1-3H,(H,10,11,12). The van der Waals surface area contributed by atoms with Gasteiger partial charge in [-0.05, 0) is 6.07 Å². The average molecular weight is 182 g/mol. The molecular formula is C7H4ClN3O. The third kappa shape index (κ3) is 0.967. The van der Waals surface area contributed by atoms with Crippen molar-refractivity contribution in [3.05, 3.63) is 34.1 Å². The minimum atomic E-state index is -0.266. The van der Waals surface area contributed by atoms with Crippen LogP contribution in [0, 0.1) is 0 Å². The van der Waals surface area contributed by atoms with Crippen molar-refractivity contribution < 1.29 is 0 Å². The molecule has 4 nitrogen and oxygen atoms in total. The molecule has 60 valence electrons. The molecule has 0 atom stereocenters. The molecule has 2 heterocycles. The number of nitrogens with zero attached hydrogens (tertiary/aromatic N) is 2. The summed E-state index contributed by atoms with van der Waals surface area (Å²) in [5, 5.41) is 0.517. The number of aromatic amines is 1. The summed E-state index contributed by atoms with van der Waals surface area (Å²) in [6, 6.07) is 1.64. The number of hydrogen-bond acceptors (Lipinski definition) is 3. The van der Waals surface area contributed by atoms with Crippen LogP contribution in [0.2, 0.25) is 5.15 Å². The van der Waals surface area contributed by atoms with Crippen molar-refractivity contribution in [1.29, 1.82) is 0 Å². The lowest BCUT2D eigenvalue weighted by molar-refractivity contribution is 1.16. The Balaban J connectivity index is 3.07. The molecule has 2 aromatic rings. The fraction of sp³-hybridized carbons (Fsp3) is 0. The van der Waals surface area contributed by atoms with Crippen molar-refractivity contribution in [1.82, 2.24) is 15.0 Å². The average Bonchev–Trinajstić information content (AvgIpc) is 2.04. The molecule has 0 aliphatic heterocycles. The minimum absolute atomic E-state index is 0.182. The first-order chi connectivity index (χ1) is 5.79. The molecule has 0 saturated carbocycles. The molecule has 12 heavy (non-hydrogen) atoms. The van der Waals surface area contributed by atoms with E-state index in [1.54, 1.807) is 6.07 Å². The SMILES string of the molecule is O=c1[nH]cnc2ccnc(Cl)c12. The van der Waals surface area contributed by atoms with Crippen molar-refractivity contribution in [2.45, 2.75) is 0 Å². The van der Waals surface area contributed by atoms with E-state index in [2.05, 4.69) is 15.0 Å². The zero-order chi connectivity index (χ0) is 8.55. The van der Waals surface area contributed by atoms with Crippen LogP contribution >= 0.6 is 11.6 Å². The zero-order valence-corrected chi connectivity index (χ0v) is 6.67. The first kappa shape index (κ1) is 7.24. The molecule has 0 bridgehead atoms. The van der Waals surface area contributed by atoms with Crippen LogP contribution in [-0.4, -0.2) is 15.0 Å². The summed E-state index contributed by atoms with van der Waals surface area (Å²) < 4.78 is 0. The third-order valence-corrected chi connectivity index (χ3v) is 1.80. The van der Waals surface area contributed by atoms with Gasteiger partial charge in [-0.15, -0.1) is 0 Å². The summed E-state index contributed by atoms with van der Waals surface area (Å²) in [5.74, 6) is 0. The number of aromatic nitrogens is 3. The predicted molar refractivity (Wildman–Crippen MR) is 45.2 cm³/mol. The van der Waals surface area contributed by atoms with Crippen LogP contribution in [0.15, 0.2) is 23.4 Å². The van der Waals surface area contributed by atoms with Gasteiger partial charge in [-0.1, -0.05) is 11.6 Å². The Kier molecular flexibility index (Phi) is 1.55. The molecule has 2 aromatic heterocycles. The number of nitrogens with one attached hydrogen (secondary N) is 1. The van der Waals surface area contributed by atoms with E-state index in [1.165, 1.54) is 12.5 Å². The zero-order valence-electron chi connectivity index (χ0n) is 5.91. The van der Waals surface area contributed by atoms with E-state index in [0.717, 1.165) is 0 Å². The van der Waals surface area contributed by atoms with Crippen LogP contribution in [0.5, 0.6) is 0 Å². The Labute approximate surface area is 72.2 Å². The molecule has 0 fully saturated rings. The van der Waals surface area contributed by atoms with E-state index >= 15 is 0 Å². The molecule has 0 unspecified atom stereocenters. The maximum Gasteiger partial charge on any atom is 0.261 e. The Morgan fingerprint density at radius 3 is 3.00 bits per heavy atom. The number of halogens is 1. The maximum atomic E-state index is 11.2. The fourth-order valence-corrected chi connectivity index (χ4v) is 1.22. The summed E-state index contributed by atoms with van der Waals surface area (Å²) in [6.45, 7) is 0. The summed E-state index contributed by atoms with van der Waals surface area (Å²) in [6.07, 6.45) is 2.85. The second kappa shape index (κ2) is 2.57. The second-order valence-electron chi connectivity index (χ2n) is 2.23. The molecule has 0 saturated heterocycles. The van der Waals surface area contributed by atoms with E-state index in [4.69, 9.17) is 11.6 Å². The molecule has 1 N–H and O–H groups in total. The highest BCUT2D eigenvalue weighted by molar-refractivity contribution is 6.33. The van der Waals surface area contributed by atoms with Gasteiger partial charge in [-0.25, -0.2) is 9.97 Å². The summed E-state index contributed by atoms with van der Waals surface area (Å²) in [5.41, 5.74) is 0.289. The van der Waals surface area contributed by atoms with Crippen LogP contribution in [0.25, 0.3) is 10.9 Å². The first-order valence-corrected chi connectivity index (χ1v) is 3.65. The Hall–Kier alpha value is -1.42. The number of pyridine rings is 1. The molecule has 0 aromatic carbocycles. The smallest absolute Gasteiger partial charge is 0.261 e. The van der Waals surface area contributed by atoms with Crippen LogP contribution in [0.1, 0.15) is 0 Å². The molecule has 0 spiro atoms. The van der Waals surface area contributed by atoms with Gasteiger partial charge in [-0.3, -0.25) is 4.79 Å². The van der Waals surface area contributed by atoms with E-state index < -0.39 is 0 Å². The minimum Gasteiger partial charge on any atom is -0.313 e. The van der Waals surface area contributed by atoms with Gasteiger partial charge in [0, 0.05) is 6.20 Å². The number of H-pyrrole nitrogens is 1. The quantitative estimate of drug-likeness (QED) is 0.617. The van der Waals surface area contributed by atoms with E-state index in [-0.39, 0.29) is 10.7 Å². The highest BCUT2D eigenvalue weighted by Gasteiger charge is 2.03. The van der Waals surface area contributed by atoms with E-state index in [0.29, 0.717) is 10.9 Å². The van der Waals surface area contributed by atoms with Crippen molar-refractivity contribution in [3.8, 4) is 0 Å². The van der Waals surface area contributed by atoms with Gasteiger partial charge in [0.1, 0.15) is 10.5 Å². The normalized spacial score (nSPS) is 10.4. The van der Waals surface area contributed by atoms with Gasteiger partial charge >= 0.3 is 0 Å². The monoisotopic (exact) mass is 181 g/mol. The Bertz CT molecular complexity index is 474. The lowest BCUT2D eigenvalue weighted by atomic mass is 10.3.